The van der Waals surface area contributed by atoms with Gasteiger partial charge in [0, 0.05) is 12.3 Å². The lowest BCUT2D eigenvalue weighted by molar-refractivity contribution is 0.183. The van der Waals surface area contributed by atoms with E-state index < -0.39 is 0 Å². The molecule has 0 aliphatic heterocycles. The first-order valence-corrected chi connectivity index (χ1v) is 7.15. The van der Waals surface area contributed by atoms with E-state index in [1.807, 2.05) is 6.07 Å². The van der Waals surface area contributed by atoms with Gasteiger partial charge in [-0.05, 0) is 36.5 Å². The van der Waals surface area contributed by atoms with E-state index in [1.54, 1.807) is 12.3 Å². The van der Waals surface area contributed by atoms with E-state index in [2.05, 4.69) is 29.2 Å². The van der Waals surface area contributed by atoms with Crippen LogP contribution in [0.15, 0.2) is 42.6 Å². The van der Waals surface area contributed by atoms with Crippen molar-refractivity contribution in [2.75, 3.05) is 0 Å². The summed E-state index contributed by atoms with van der Waals surface area (Å²) in [6.45, 7) is 0. The zero-order valence-electron chi connectivity index (χ0n) is 11.1. The summed E-state index contributed by atoms with van der Waals surface area (Å²) in [6, 6.07) is 12.1. The van der Waals surface area contributed by atoms with Gasteiger partial charge in [-0.25, -0.2) is 0 Å². The summed E-state index contributed by atoms with van der Waals surface area (Å²) in [4.78, 5) is 4.42. The molecule has 2 aromatic rings. The Morgan fingerprint density at radius 2 is 2.15 bits per heavy atom. The minimum atomic E-state index is 0.0987. The molecule has 1 heterocycles. The van der Waals surface area contributed by atoms with Crippen LogP contribution < -0.4 is 10.5 Å². The molecule has 1 aliphatic carbocycles. The molecule has 0 fully saturated rings. The van der Waals surface area contributed by atoms with Gasteiger partial charge in [-0.1, -0.05) is 36.5 Å². The molecule has 0 saturated carbocycles. The van der Waals surface area contributed by atoms with Gasteiger partial charge < -0.3 is 10.5 Å². The fraction of sp³-hybridized carbons (Fsp3) is 0.250. The molecular weight excluding hydrogens is 268 g/mol. The number of ether oxygens (including phenoxy) is 1. The fourth-order valence-corrected chi connectivity index (χ4v) is 2.73. The second-order valence-corrected chi connectivity index (χ2v) is 5.38. The lowest BCUT2D eigenvalue weighted by Gasteiger charge is -2.26. The minimum Gasteiger partial charge on any atom is -0.486 e. The molecule has 102 valence electrons. The first kappa shape index (κ1) is 13.1. The minimum absolute atomic E-state index is 0.0987. The number of hydrogen-bond acceptors (Lipinski definition) is 3. The number of fused-ring (bicyclic) bond motifs is 1. The summed E-state index contributed by atoms with van der Waals surface area (Å²) in [5.41, 5.74) is 8.87. The van der Waals surface area contributed by atoms with Crippen LogP contribution in [-0.4, -0.2) is 9.97 Å². The maximum atomic E-state index is 6.12. The molecule has 0 radical (unpaired) electrons. The van der Waals surface area contributed by atoms with Gasteiger partial charge in [0.25, 0.3) is 0 Å². The van der Waals surface area contributed by atoms with Gasteiger partial charge in [0.1, 0.15) is 22.5 Å². The Bertz CT molecular complexity index is 642. The van der Waals surface area contributed by atoms with Crippen LogP contribution in [-0.2, 0) is 6.42 Å². The molecule has 3 rings (SSSR count). The van der Waals surface area contributed by atoms with Gasteiger partial charge in [0.05, 0.1) is 0 Å². The molecule has 1 aromatic heterocycles. The van der Waals surface area contributed by atoms with Gasteiger partial charge in [-0.3, -0.25) is 4.98 Å². The number of hydrogen-bond donors (Lipinski definition) is 1. The zero-order valence-corrected chi connectivity index (χ0v) is 11.9. The topological polar surface area (TPSA) is 48.1 Å². The van der Waals surface area contributed by atoms with E-state index in [4.69, 9.17) is 22.7 Å². The highest BCUT2D eigenvalue weighted by atomic mass is 32.1. The molecule has 2 N–H and O–H groups in total. The molecule has 1 aromatic carbocycles. The Morgan fingerprint density at radius 3 is 3.00 bits per heavy atom. The predicted molar refractivity (Wildman–Crippen MR) is 82.9 cm³/mol. The molecule has 20 heavy (non-hydrogen) atoms. The Balaban J connectivity index is 1.85. The van der Waals surface area contributed by atoms with E-state index in [0.29, 0.717) is 10.7 Å². The number of thiocarbonyl (C=S) groups is 1. The number of rotatable bonds is 3. The van der Waals surface area contributed by atoms with Crippen molar-refractivity contribution in [3.63, 3.8) is 0 Å². The molecule has 0 amide bonds. The zero-order chi connectivity index (χ0) is 13.9. The third-order valence-corrected chi connectivity index (χ3v) is 3.79. The van der Waals surface area contributed by atoms with Crippen molar-refractivity contribution in [3.8, 4) is 5.75 Å². The van der Waals surface area contributed by atoms with Gasteiger partial charge in [-0.15, -0.1) is 0 Å². The van der Waals surface area contributed by atoms with Gasteiger partial charge in [-0.2, -0.15) is 0 Å². The highest BCUT2D eigenvalue weighted by molar-refractivity contribution is 7.80. The standard InChI is InChI=1S/C16H16N2OS/c17-16(20)14-10-12(8-9-18-14)19-15-7-3-5-11-4-1-2-6-13(11)15/h1-2,4,6,8-10,15H,3,5,7H2,(H2,17,20). The van der Waals surface area contributed by atoms with E-state index in [0.717, 1.165) is 25.0 Å². The van der Waals surface area contributed by atoms with Crippen LogP contribution in [0.5, 0.6) is 5.75 Å². The summed E-state index contributed by atoms with van der Waals surface area (Å²) in [5, 5.41) is 0. The largest absolute Gasteiger partial charge is 0.486 e. The van der Waals surface area contributed by atoms with Crippen LogP contribution in [0.3, 0.4) is 0 Å². The van der Waals surface area contributed by atoms with Crippen molar-refractivity contribution in [3.05, 3.63) is 59.4 Å². The lowest BCUT2D eigenvalue weighted by Crippen LogP contribution is -2.16. The number of nitrogens with zero attached hydrogens (tertiary/aromatic N) is 1. The van der Waals surface area contributed by atoms with Crippen molar-refractivity contribution in [1.29, 1.82) is 0 Å². The Morgan fingerprint density at radius 1 is 1.30 bits per heavy atom. The Labute approximate surface area is 123 Å². The van der Waals surface area contributed by atoms with E-state index >= 15 is 0 Å². The number of aryl methyl sites for hydroxylation is 1. The quantitative estimate of drug-likeness (QED) is 0.879. The highest BCUT2D eigenvalue weighted by Crippen LogP contribution is 2.33. The van der Waals surface area contributed by atoms with Crippen molar-refractivity contribution in [1.82, 2.24) is 4.98 Å². The monoisotopic (exact) mass is 284 g/mol. The van der Waals surface area contributed by atoms with Crippen molar-refractivity contribution >= 4 is 17.2 Å². The van der Waals surface area contributed by atoms with E-state index in [1.165, 1.54) is 11.1 Å². The van der Waals surface area contributed by atoms with Crippen LogP contribution in [0, 0.1) is 0 Å². The molecule has 0 bridgehead atoms. The molecule has 0 saturated heterocycles. The SMILES string of the molecule is NC(=S)c1cc(OC2CCCc3ccccc32)ccn1. The lowest BCUT2D eigenvalue weighted by atomic mass is 9.89. The Kier molecular flexibility index (Phi) is 3.65. The summed E-state index contributed by atoms with van der Waals surface area (Å²) in [7, 11) is 0. The molecule has 1 aliphatic rings. The van der Waals surface area contributed by atoms with Crippen molar-refractivity contribution in [2.45, 2.75) is 25.4 Å². The highest BCUT2D eigenvalue weighted by Gasteiger charge is 2.21. The number of nitrogens with two attached hydrogens (primary N) is 1. The summed E-state index contributed by atoms with van der Waals surface area (Å²) in [5.74, 6) is 0.768. The fourth-order valence-electron chi connectivity index (χ4n) is 2.62. The average molecular weight is 284 g/mol. The molecular formula is C16H16N2OS. The van der Waals surface area contributed by atoms with Crippen LogP contribution in [0.1, 0.15) is 35.8 Å². The molecule has 1 unspecified atom stereocenters. The second-order valence-electron chi connectivity index (χ2n) is 4.94. The average Bonchev–Trinajstić information content (AvgIpc) is 2.48. The van der Waals surface area contributed by atoms with E-state index in [9.17, 15) is 0 Å². The molecule has 0 spiro atoms. The van der Waals surface area contributed by atoms with Crippen LogP contribution in [0.4, 0.5) is 0 Å². The number of pyridine rings is 1. The van der Waals surface area contributed by atoms with Crippen molar-refractivity contribution in [2.24, 2.45) is 5.73 Å². The van der Waals surface area contributed by atoms with Gasteiger partial charge >= 0.3 is 0 Å². The first-order valence-electron chi connectivity index (χ1n) is 6.74. The Hall–Kier alpha value is -1.94. The van der Waals surface area contributed by atoms with E-state index in [-0.39, 0.29) is 6.10 Å². The smallest absolute Gasteiger partial charge is 0.124 e. The molecule has 3 nitrogen and oxygen atoms in total. The summed E-state index contributed by atoms with van der Waals surface area (Å²) < 4.78 is 6.12. The number of aromatic nitrogens is 1. The summed E-state index contributed by atoms with van der Waals surface area (Å²) >= 11 is 4.95. The summed E-state index contributed by atoms with van der Waals surface area (Å²) in [6.07, 6.45) is 5.08. The second kappa shape index (κ2) is 5.59. The number of benzene rings is 1. The predicted octanol–water partition coefficient (Wildman–Crippen LogP) is 3.17. The van der Waals surface area contributed by atoms with Gasteiger partial charge in [0.2, 0.25) is 0 Å². The molecule has 4 heteroatoms. The molecule has 1 atom stereocenters. The van der Waals surface area contributed by atoms with Crippen molar-refractivity contribution < 1.29 is 4.74 Å². The third kappa shape index (κ3) is 2.65. The first-order chi connectivity index (χ1) is 9.74. The van der Waals surface area contributed by atoms with Crippen LogP contribution in [0.2, 0.25) is 0 Å². The normalized spacial score (nSPS) is 17.3. The van der Waals surface area contributed by atoms with Gasteiger partial charge in [0.15, 0.2) is 0 Å². The maximum absolute atomic E-state index is 6.12. The van der Waals surface area contributed by atoms with Crippen LogP contribution >= 0.6 is 12.2 Å². The van der Waals surface area contributed by atoms with Crippen LogP contribution in [0.25, 0.3) is 0 Å². The maximum Gasteiger partial charge on any atom is 0.124 e. The third-order valence-electron chi connectivity index (χ3n) is 3.58.